The van der Waals surface area contributed by atoms with Crippen molar-refractivity contribution in [3.05, 3.63) is 0 Å². The van der Waals surface area contributed by atoms with Crippen LogP contribution < -0.4 is 0 Å². The van der Waals surface area contributed by atoms with Crippen LogP contribution >= 0.6 is 0 Å². The van der Waals surface area contributed by atoms with Crippen molar-refractivity contribution >= 4 is 11.9 Å². The number of likely N-dealkylation sites (N-methyl/N-ethyl adjacent to an activating group) is 1. The molecule has 1 amide bonds. The van der Waals surface area contributed by atoms with Gasteiger partial charge in [0, 0.05) is 12.5 Å². The van der Waals surface area contributed by atoms with Gasteiger partial charge in [-0.2, -0.15) is 0 Å². The SMILES string of the molecule is CN1C(=O)OC(C)(C)[C@H]1C(=O)C(C)(C)C. The Labute approximate surface area is 90.6 Å². The van der Waals surface area contributed by atoms with Crippen molar-refractivity contribution in [3.63, 3.8) is 0 Å². The molecule has 0 unspecified atom stereocenters. The number of hydrogen-bond acceptors (Lipinski definition) is 3. The molecule has 15 heavy (non-hydrogen) atoms. The monoisotopic (exact) mass is 213 g/mol. The zero-order valence-corrected chi connectivity index (χ0v) is 10.2. The third-order valence-electron chi connectivity index (χ3n) is 2.67. The van der Waals surface area contributed by atoms with Gasteiger partial charge >= 0.3 is 6.09 Å². The number of ether oxygens (including phenoxy) is 1. The molecule has 4 nitrogen and oxygen atoms in total. The maximum Gasteiger partial charge on any atom is 0.410 e. The quantitative estimate of drug-likeness (QED) is 0.667. The first-order chi connectivity index (χ1) is 6.57. The Kier molecular flexibility index (Phi) is 2.58. The first kappa shape index (κ1) is 12.0. The van der Waals surface area contributed by atoms with Crippen LogP contribution in [0.25, 0.3) is 0 Å². The van der Waals surface area contributed by atoms with Gasteiger partial charge in [0.2, 0.25) is 0 Å². The Morgan fingerprint density at radius 2 is 1.87 bits per heavy atom. The molecule has 1 fully saturated rings. The summed E-state index contributed by atoms with van der Waals surface area (Å²) in [6, 6.07) is -0.495. The van der Waals surface area contributed by atoms with Gasteiger partial charge in [-0.15, -0.1) is 0 Å². The average molecular weight is 213 g/mol. The van der Waals surface area contributed by atoms with E-state index in [0.717, 1.165) is 0 Å². The van der Waals surface area contributed by atoms with E-state index in [1.54, 1.807) is 20.9 Å². The van der Waals surface area contributed by atoms with E-state index in [1.807, 2.05) is 20.8 Å². The van der Waals surface area contributed by atoms with Crippen molar-refractivity contribution in [2.24, 2.45) is 5.41 Å². The highest BCUT2D eigenvalue weighted by molar-refractivity contribution is 5.94. The number of Topliss-reactive ketones (excluding diaryl/α,β-unsaturated/α-hetero) is 1. The molecule has 1 rings (SSSR count). The molecular formula is C11H19NO3. The van der Waals surface area contributed by atoms with Crippen LogP contribution in [0, 0.1) is 5.41 Å². The molecule has 1 saturated heterocycles. The molecule has 1 atom stereocenters. The zero-order valence-electron chi connectivity index (χ0n) is 10.2. The summed E-state index contributed by atoms with van der Waals surface area (Å²) in [5.41, 5.74) is -1.21. The fraction of sp³-hybridized carbons (Fsp3) is 0.818. The summed E-state index contributed by atoms with van der Waals surface area (Å²) in [6.07, 6.45) is -0.428. The highest BCUT2D eigenvalue weighted by Gasteiger charge is 2.52. The molecule has 4 heteroatoms. The molecular weight excluding hydrogens is 194 g/mol. The average Bonchev–Trinajstić information content (AvgIpc) is 2.18. The number of carbonyl (C=O) groups is 2. The third-order valence-corrected chi connectivity index (χ3v) is 2.67. The summed E-state index contributed by atoms with van der Waals surface area (Å²) in [5.74, 6) is 0.0286. The second-order valence-electron chi connectivity index (χ2n) is 5.60. The largest absolute Gasteiger partial charge is 0.441 e. The van der Waals surface area contributed by atoms with Crippen LogP contribution in [0.3, 0.4) is 0 Å². The lowest BCUT2D eigenvalue weighted by molar-refractivity contribution is -0.133. The Bertz CT molecular complexity index is 301. The van der Waals surface area contributed by atoms with Gasteiger partial charge in [-0.3, -0.25) is 9.69 Å². The number of amides is 1. The van der Waals surface area contributed by atoms with Gasteiger partial charge in [0.05, 0.1) is 0 Å². The molecule has 0 aromatic rings. The van der Waals surface area contributed by atoms with E-state index in [9.17, 15) is 9.59 Å². The van der Waals surface area contributed by atoms with Crippen LogP contribution in [0.2, 0.25) is 0 Å². The smallest absolute Gasteiger partial charge is 0.410 e. The van der Waals surface area contributed by atoms with Gasteiger partial charge in [-0.25, -0.2) is 4.79 Å². The zero-order chi connectivity index (χ0) is 12.0. The topological polar surface area (TPSA) is 46.6 Å². The minimum atomic E-state index is -0.740. The molecule has 0 saturated carbocycles. The molecule has 1 heterocycles. The molecule has 0 aromatic carbocycles. The van der Waals surface area contributed by atoms with E-state index in [4.69, 9.17) is 4.74 Å². The molecule has 86 valence electrons. The number of rotatable bonds is 1. The number of hydrogen-bond donors (Lipinski definition) is 0. The van der Waals surface area contributed by atoms with Crippen molar-refractivity contribution in [3.8, 4) is 0 Å². The highest BCUT2D eigenvalue weighted by Crippen LogP contribution is 2.33. The van der Waals surface area contributed by atoms with E-state index in [1.165, 1.54) is 4.90 Å². The Balaban J connectivity index is 3.04. The van der Waals surface area contributed by atoms with Gasteiger partial charge in [0.25, 0.3) is 0 Å². The first-order valence-corrected chi connectivity index (χ1v) is 5.07. The fourth-order valence-corrected chi connectivity index (χ4v) is 1.83. The standard InChI is InChI=1S/C11H19NO3/c1-10(2,3)8(13)7-11(4,5)15-9(14)12(7)6/h7H,1-6H3/t7-/m1/s1. The van der Waals surface area contributed by atoms with Gasteiger partial charge in [-0.05, 0) is 13.8 Å². The predicted octanol–water partition coefficient (Wildman–Crippen LogP) is 1.83. The van der Waals surface area contributed by atoms with Crippen LogP contribution in [-0.4, -0.2) is 35.5 Å². The Hall–Kier alpha value is -1.06. The van der Waals surface area contributed by atoms with Crippen molar-refractivity contribution in [1.82, 2.24) is 4.90 Å². The van der Waals surface area contributed by atoms with Crippen LogP contribution in [0.15, 0.2) is 0 Å². The molecule has 0 spiro atoms. The van der Waals surface area contributed by atoms with Gasteiger partial charge in [0.15, 0.2) is 5.78 Å². The van der Waals surface area contributed by atoms with E-state index in [0.29, 0.717) is 0 Å². The minimum absolute atomic E-state index is 0.0286. The molecule has 0 N–H and O–H groups in total. The maximum atomic E-state index is 12.2. The van der Waals surface area contributed by atoms with Crippen molar-refractivity contribution in [1.29, 1.82) is 0 Å². The lowest BCUT2D eigenvalue weighted by atomic mass is 9.80. The van der Waals surface area contributed by atoms with Crippen LogP contribution in [0.4, 0.5) is 4.79 Å². The molecule has 0 bridgehead atoms. The first-order valence-electron chi connectivity index (χ1n) is 5.07. The van der Waals surface area contributed by atoms with Crippen molar-refractivity contribution < 1.29 is 14.3 Å². The summed E-state index contributed by atoms with van der Waals surface area (Å²) in [7, 11) is 1.60. The van der Waals surface area contributed by atoms with Gasteiger partial charge in [-0.1, -0.05) is 20.8 Å². The molecule has 0 aliphatic carbocycles. The number of ketones is 1. The number of carbonyl (C=O) groups excluding carboxylic acids is 2. The lowest BCUT2D eigenvalue weighted by Crippen LogP contribution is -2.50. The predicted molar refractivity (Wildman–Crippen MR) is 56.6 cm³/mol. The van der Waals surface area contributed by atoms with E-state index in [2.05, 4.69) is 0 Å². The Morgan fingerprint density at radius 3 is 2.13 bits per heavy atom. The van der Waals surface area contributed by atoms with Crippen LogP contribution in [0.1, 0.15) is 34.6 Å². The lowest BCUT2D eigenvalue weighted by Gasteiger charge is -2.30. The van der Waals surface area contributed by atoms with E-state index >= 15 is 0 Å². The van der Waals surface area contributed by atoms with E-state index in [-0.39, 0.29) is 5.78 Å². The summed E-state index contributed by atoms with van der Waals surface area (Å²) in [6.45, 7) is 9.08. The fourth-order valence-electron chi connectivity index (χ4n) is 1.83. The third kappa shape index (κ3) is 1.98. The second-order valence-corrected chi connectivity index (χ2v) is 5.60. The normalized spacial score (nSPS) is 25.3. The maximum absolute atomic E-state index is 12.2. The Morgan fingerprint density at radius 1 is 1.40 bits per heavy atom. The summed E-state index contributed by atoms with van der Waals surface area (Å²) >= 11 is 0. The van der Waals surface area contributed by atoms with Crippen molar-refractivity contribution in [2.45, 2.75) is 46.3 Å². The van der Waals surface area contributed by atoms with Gasteiger partial charge < -0.3 is 4.74 Å². The highest BCUT2D eigenvalue weighted by atomic mass is 16.6. The van der Waals surface area contributed by atoms with E-state index < -0.39 is 23.2 Å². The summed E-state index contributed by atoms with van der Waals surface area (Å²) in [4.78, 5) is 24.9. The summed E-state index contributed by atoms with van der Waals surface area (Å²) in [5, 5.41) is 0. The molecule has 1 aliphatic heterocycles. The second kappa shape index (κ2) is 3.22. The number of nitrogens with zero attached hydrogens (tertiary/aromatic N) is 1. The van der Waals surface area contributed by atoms with Crippen LogP contribution in [-0.2, 0) is 9.53 Å². The summed E-state index contributed by atoms with van der Waals surface area (Å²) < 4.78 is 5.16. The minimum Gasteiger partial charge on any atom is -0.441 e. The number of cyclic esters (lactones) is 1. The van der Waals surface area contributed by atoms with Crippen molar-refractivity contribution in [2.75, 3.05) is 7.05 Å². The van der Waals surface area contributed by atoms with Gasteiger partial charge in [0.1, 0.15) is 11.6 Å². The molecule has 1 aliphatic rings. The molecule has 0 radical (unpaired) electrons. The molecule has 0 aromatic heterocycles. The van der Waals surface area contributed by atoms with Crippen LogP contribution in [0.5, 0.6) is 0 Å².